The Balaban J connectivity index is 1.74. The molecule has 1 aromatic heterocycles. The first-order valence-electron chi connectivity index (χ1n) is 7.60. The summed E-state index contributed by atoms with van der Waals surface area (Å²) in [6.45, 7) is 0. The summed E-state index contributed by atoms with van der Waals surface area (Å²) in [6, 6.07) is 9.92. The molecule has 3 rings (SSSR count). The van der Waals surface area contributed by atoms with Crippen LogP contribution in [0.1, 0.15) is 27.4 Å². The quantitative estimate of drug-likeness (QED) is 0.556. The number of hydrogen-bond donors (Lipinski definition) is 1. The molecule has 0 aliphatic carbocycles. The second-order valence-electron chi connectivity index (χ2n) is 5.36. The van der Waals surface area contributed by atoms with Crippen molar-refractivity contribution in [3.05, 3.63) is 64.7 Å². The first-order chi connectivity index (χ1) is 13.2. The highest BCUT2D eigenvalue weighted by Crippen LogP contribution is 2.33. The van der Waals surface area contributed by atoms with Crippen LogP contribution in [0.5, 0.6) is 11.5 Å². The van der Waals surface area contributed by atoms with Crippen molar-refractivity contribution < 1.29 is 31.5 Å². The number of rotatable bonds is 5. The van der Waals surface area contributed by atoms with Crippen molar-refractivity contribution in [2.24, 2.45) is 0 Å². The molecular formula is C17H10F5N3O2S. The molecule has 0 saturated heterocycles. The number of carbonyl (C=O) groups excluding carboxylic acids is 1. The van der Waals surface area contributed by atoms with Gasteiger partial charge in [0.05, 0.1) is 5.56 Å². The number of ether oxygens (including phenoxy) is 1. The largest absolute Gasteiger partial charge is 0.457 e. The molecule has 0 unspecified atom stereocenters. The normalized spacial score (nSPS) is 11.5. The van der Waals surface area contributed by atoms with Gasteiger partial charge in [-0.05, 0) is 36.4 Å². The van der Waals surface area contributed by atoms with Crippen molar-refractivity contribution in [3.63, 3.8) is 0 Å². The van der Waals surface area contributed by atoms with Crippen LogP contribution in [-0.2, 0) is 6.18 Å². The van der Waals surface area contributed by atoms with Crippen LogP contribution in [0.3, 0.4) is 0 Å². The Hall–Kier alpha value is -3.08. The van der Waals surface area contributed by atoms with E-state index in [0.717, 1.165) is 12.1 Å². The fourth-order valence-corrected chi connectivity index (χ4v) is 2.71. The van der Waals surface area contributed by atoms with Crippen LogP contribution in [0.2, 0.25) is 0 Å². The second-order valence-corrected chi connectivity index (χ2v) is 6.36. The lowest BCUT2D eigenvalue weighted by Gasteiger charge is -2.10. The highest BCUT2D eigenvalue weighted by molar-refractivity contribution is 7.15. The van der Waals surface area contributed by atoms with Gasteiger partial charge in [0.1, 0.15) is 11.5 Å². The summed E-state index contributed by atoms with van der Waals surface area (Å²) in [5.41, 5.74) is -0.775. The van der Waals surface area contributed by atoms with Crippen molar-refractivity contribution in [2.75, 3.05) is 5.32 Å². The molecule has 28 heavy (non-hydrogen) atoms. The first-order valence-corrected chi connectivity index (χ1v) is 8.42. The van der Waals surface area contributed by atoms with Crippen molar-refractivity contribution in [1.29, 1.82) is 0 Å². The minimum absolute atomic E-state index is 0.0573. The van der Waals surface area contributed by atoms with Gasteiger partial charge in [-0.25, -0.2) is 8.78 Å². The minimum atomic E-state index is -4.51. The number of halogens is 5. The molecule has 1 N–H and O–H groups in total. The number of amides is 1. The van der Waals surface area contributed by atoms with Gasteiger partial charge in [0.15, 0.2) is 5.01 Å². The van der Waals surface area contributed by atoms with Gasteiger partial charge in [0, 0.05) is 5.56 Å². The van der Waals surface area contributed by atoms with Crippen LogP contribution >= 0.6 is 11.3 Å². The van der Waals surface area contributed by atoms with Gasteiger partial charge in [-0.1, -0.05) is 23.5 Å². The van der Waals surface area contributed by atoms with Crippen molar-refractivity contribution in [1.82, 2.24) is 10.2 Å². The zero-order valence-electron chi connectivity index (χ0n) is 13.7. The molecule has 11 heteroatoms. The van der Waals surface area contributed by atoms with Crippen LogP contribution in [0.25, 0.3) is 0 Å². The van der Waals surface area contributed by atoms with Gasteiger partial charge >= 0.3 is 6.18 Å². The number of hydrogen-bond acceptors (Lipinski definition) is 5. The molecule has 1 amide bonds. The number of aromatic nitrogens is 2. The lowest BCUT2D eigenvalue weighted by molar-refractivity contribution is -0.137. The summed E-state index contributed by atoms with van der Waals surface area (Å²) in [4.78, 5) is 12.2. The molecule has 1 heterocycles. The Morgan fingerprint density at radius 2 is 1.71 bits per heavy atom. The lowest BCUT2D eigenvalue weighted by Crippen LogP contribution is -2.11. The molecule has 5 nitrogen and oxygen atoms in total. The van der Waals surface area contributed by atoms with Gasteiger partial charge in [-0.15, -0.1) is 10.2 Å². The second kappa shape index (κ2) is 7.89. The van der Waals surface area contributed by atoms with Crippen LogP contribution in [0.15, 0.2) is 48.5 Å². The summed E-state index contributed by atoms with van der Waals surface area (Å²) in [6.07, 6.45) is -7.31. The predicted octanol–water partition coefficient (Wildman–Crippen LogP) is 5.54. The third kappa shape index (κ3) is 4.80. The molecule has 0 radical (unpaired) electrons. The maximum Gasteiger partial charge on any atom is 0.416 e. The average molecular weight is 415 g/mol. The van der Waals surface area contributed by atoms with Crippen molar-refractivity contribution in [2.45, 2.75) is 12.6 Å². The van der Waals surface area contributed by atoms with Crippen LogP contribution < -0.4 is 10.1 Å². The molecule has 0 fully saturated rings. The first kappa shape index (κ1) is 19.7. The van der Waals surface area contributed by atoms with Crippen molar-refractivity contribution in [3.8, 4) is 11.5 Å². The van der Waals surface area contributed by atoms with E-state index in [4.69, 9.17) is 4.74 Å². The zero-order valence-corrected chi connectivity index (χ0v) is 14.5. The molecule has 0 aliphatic rings. The summed E-state index contributed by atoms with van der Waals surface area (Å²) in [5, 5.41) is 8.38. The fraction of sp³-hybridized carbons (Fsp3) is 0.118. The van der Waals surface area contributed by atoms with E-state index in [2.05, 4.69) is 15.5 Å². The summed E-state index contributed by atoms with van der Waals surface area (Å²) in [7, 11) is 0. The van der Waals surface area contributed by atoms with E-state index in [1.807, 2.05) is 0 Å². The lowest BCUT2D eigenvalue weighted by atomic mass is 10.2. The molecule has 2 aromatic carbocycles. The van der Waals surface area contributed by atoms with Crippen LogP contribution in [0.4, 0.5) is 27.1 Å². The summed E-state index contributed by atoms with van der Waals surface area (Å²) >= 11 is 0.533. The number of alkyl halides is 5. The Morgan fingerprint density at radius 3 is 2.36 bits per heavy atom. The molecule has 0 saturated carbocycles. The highest BCUT2D eigenvalue weighted by atomic mass is 32.1. The smallest absolute Gasteiger partial charge is 0.416 e. The Labute approximate surface area is 158 Å². The third-order valence-corrected chi connectivity index (χ3v) is 4.19. The SMILES string of the molecule is O=C(Nc1nnc(C(F)F)s1)c1cccc(Oc2cccc(C(F)(F)F)c2)c1. The maximum atomic E-state index is 12.8. The zero-order chi connectivity index (χ0) is 20.3. The number of carbonyl (C=O) groups is 1. The van der Waals surface area contributed by atoms with Crippen LogP contribution in [0, 0.1) is 0 Å². The number of nitrogens with one attached hydrogen (secondary N) is 1. The number of benzene rings is 2. The number of anilines is 1. The topological polar surface area (TPSA) is 64.1 Å². The monoisotopic (exact) mass is 415 g/mol. The van der Waals surface area contributed by atoms with E-state index in [0.29, 0.717) is 11.3 Å². The average Bonchev–Trinajstić information content (AvgIpc) is 3.10. The predicted molar refractivity (Wildman–Crippen MR) is 90.8 cm³/mol. The molecule has 0 aliphatic heterocycles. The third-order valence-electron chi connectivity index (χ3n) is 3.34. The van der Waals surface area contributed by atoms with Gasteiger partial charge < -0.3 is 4.74 Å². The van der Waals surface area contributed by atoms with Gasteiger partial charge in [0.25, 0.3) is 12.3 Å². The standard InChI is InChI=1S/C17H10F5N3O2S/c18-13(19)15-24-25-16(28-15)23-14(26)9-3-1-5-11(7-9)27-12-6-2-4-10(8-12)17(20,21)22/h1-8,13H,(H,23,25,26). The molecule has 0 bridgehead atoms. The summed E-state index contributed by atoms with van der Waals surface area (Å²) < 4.78 is 68.7. The Bertz CT molecular complexity index is 991. The van der Waals surface area contributed by atoms with E-state index in [1.165, 1.54) is 36.4 Å². The van der Waals surface area contributed by atoms with E-state index >= 15 is 0 Å². The molecule has 0 atom stereocenters. The number of nitrogens with zero attached hydrogens (tertiary/aromatic N) is 2. The van der Waals surface area contributed by atoms with Crippen molar-refractivity contribution >= 4 is 22.4 Å². The molecule has 146 valence electrons. The van der Waals surface area contributed by atoms with Gasteiger partial charge in [-0.2, -0.15) is 13.2 Å². The van der Waals surface area contributed by atoms with E-state index in [1.54, 1.807) is 0 Å². The molecule has 3 aromatic rings. The van der Waals surface area contributed by atoms with E-state index < -0.39 is 29.1 Å². The Kier molecular flexibility index (Phi) is 5.54. The summed E-state index contributed by atoms with van der Waals surface area (Å²) in [5.74, 6) is -0.595. The highest BCUT2D eigenvalue weighted by Gasteiger charge is 2.30. The molecular weight excluding hydrogens is 405 g/mol. The maximum absolute atomic E-state index is 12.8. The van der Waals surface area contributed by atoms with Gasteiger partial charge in [0.2, 0.25) is 5.13 Å². The molecule has 0 spiro atoms. The fourth-order valence-electron chi connectivity index (χ4n) is 2.12. The van der Waals surface area contributed by atoms with Gasteiger partial charge in [-0.3, -0.25) is 10.1 Å². The van der Waals surface area contributed by atoms with E-state index in [9.17, 15) is 26.7 Å². The minimum Gasteiger partial charge on any atom is -0.457 e. The van der Waals surface area contributed by atoms with Crippen LogP contribution in [-0.4, -0.2) is 16.1 Å². The Morgan fingerprint density at radius 1 is 1.04 bits per heavy atom. The van der Waals surface area contributed by atoms with E-state index in [-0.39, 0.29) is 22.2 Å².